The predicted molar refractivity (Wildman–Crippen MR) is 165 cm³/mol. The lowest BCUT2D eigenvalue weighted by Crippen LogP contribution is -2.35. The van der Waals surface area contributed by atoms with Crippen LogP contribution >= 0.6 is 0 Å². The Hall–Kier alpha value is -4.64. The van der Waals surface area contributed by atoms with E-state index < -0.39 is 22.7 Å². The van der Waals surface area contributed by atoms with E-state index in [0.717, 1.165) is 87.6 Å². The highest BCUT2D eigenvalue weighted by molar-refractivity contribution is 6.08. The third-order valence-corrected chi connectivity index (χ3v) is 9.73. The number of halogens is 2. The van der Waals surface area contributed by atoms with Gasteiger partial charge in [0.15, 0.2) is 5.60 Å². The molecule has 1 saturated carbocycles. The zero-order chi connectivity index (χ0) is 29.3. The summed E-state index contributed by atoms with van der Waals surface area (Å²) < 4.78 is 48.9. The van der Waals surface area contributed by atoms with Crippen molar-refractivity contribution in [3.8, 4) is 28.4 Å². The molecule has 0 atom stereocenters. The third-order valence-electron chi connectivity index (χ3n) is 9.73. The van der Waals surface area contributed by atoms with Gasteiger partial charge in [0, 0.05) is 39.1 Å². The van der Waals surface area contributed by atoms with Crippen molar-refractivity contribution in [2.75, 3.05) is 14.2 Å². The lowest BCUT2D eigenvalue weighted by Gasteiger charge is -2.39. The largest absolute Gasteiger partial charge is 0.497 e. The topological polar surface area (TPSA) is 27.7 Å². The second-order valence-corrected chi connectivity index (χ2v) is 11.8. The first-order valence-electron chi connectivity index (χ1n) is 14.8. The van der Waals surface area contributed by atoms with E-state index in [-0.39, 0.29) is 0 Å². The molecule has 214 valence electrons. The minimum atomic E-state index is -0.950. The molecule has 3 aliphatic rings. The van der Waals surface area contributed by atoms with E-state index in [1.165, 1.54) is 6.07 Å². The molecule has 0 saturated heterocycles. The van der Waals surface area contributed by atoms with Crippen LogP contribution in [0.15, 0.2) is 91.0 Å². The summed E-state index contributed by atoms with van der Waals surface area (Å²) in [5.41, 5.74) is 4.66. The van der Waals surface area contributed by atoms with Crippen LogP contribution < -0.4 is 14.2 Å². The van der Waals surface area contributed by atoms with Gasteiger partial charge in [-0.3, -0.25) is 0 Å². The average molecular weight is 573 g/mol. The molecular formula is C38H30F2O3. The van der Waals surface area contributed by atoms with E-state index in [1.54, 1.807) is 14.2 Å². The van der Waals surface area contributed by atoms with E-state index >= 15 is 4.39 Å². The molecule has 5 heteroatoms. The Morgan fingerprint density at radius 3 is 1.93 bits per heavy atom. The summed E-state index contributed by atoms with van der Waals surface area (Å²) in [7, 11) is 3.31. The maximum absolute atomic E-state index is 15.8. The van der Waals surface area contributed by atoms with E-state index in [4.69, 9.17) is 14.2 Å². The van der Waals surface area contributed by atoms with Gasteiger partial charge in [0.05, 0.1) is 14.2 Å². The van der Waals surface area contributed by atoms with Gasteiger partial charge < -0.3 is 14.2 Å². The molecule has 0 amide bonds. The molecule has 43 heavy (non-hydrogen) atoms. The number of hydrogen-bond acceptors (Lipinski definition) is 3. The van der Waals surface area contributed by atoms with Crippen LogP contribution in [-0.2, 0) is 11.0 Å². The van der Waals surface area contributed by atoms with Gasteiger partial charge in [0.25, 0.3) is 0 Å². The molecule has 2 aliphatic carbocycles. The highest BCUT2D eigenvalue weighted by atomic mass is 19.1. The Bertz CT molecular complexity index is 1890. The van der Waals surface area contributed by atoms with E-state index in [9.17, 15) is 4.39 Å². The Kier molecular flexibility index (Phi) is 5.71. The summed E-state index contributed by atoms with van der Waals surface area (Å²) in [6.07, 6.45) is 7.87. The van der Waals surface area contributed by atoms with Crippen LogP contribution in [0.2, 0.25) is 0 Å². The number of ether oxygens (including phenoxy) is 3. The summed E-state index contributed by atoms with van der Waals surface area (Å²) in [5, 5.41) is 1.86. The van der Waals surface area contributed by atoms with Crippen molar-refractivity contribution >= 4 is 16.8 Å². The number of benzene rings is 5. The van der Waals surface area contributed by atoms with Crippen LogP contribution in [0.1, 0.15) is 53.5 Å². The highest BCUT2D eigenvalue weighted by Crippen LogP contribution is 2.63. The van der Waals surface area contributed by atoms with Gasteiger partial charge >= 0.3 is 0 Å². The lowest BCUT2D eigenvalue weighted by atomic mass is 9.73. The minimum absolute atomic E-state index is 0.461. The van der Waals surface area contributed by atoms with Gasteiger partial charge in [-0.1, -0.05) is 67.4 Å². The molecule has 0 unspecified atom stereocenters. The molecule has 0 aromatic heterocycles. The number of methoxy groups -OCH3 is 2. The molecule has 1 heterocycles. The fourth-order valence-electron chi connectivity index (χ4n) is 7.88. The van der Waals surface area contributed by atoms with Crippen molar-refractivity contribution in [2.24, 2.45) is 0 Å². The predicted octanol–water partition coefficient (Wildman–Crippen LogP) is 9.33. The summed E-state index contributed by atoms with van der Waals surface area (Å²) in [4.78, 5) is 0. The molecule has 5 aromatic rings. The van der Waals surface area contributed by atoms with E-state index in [1.807, 2.05) is 60.7 Å². The molecular weight excluding hydrogens is 542 g/mol. The molecule has 0 N–H and O–H groups in total. The average Bonchev–Trinajstić information content (AvgIpc) is 3.64. The number of hydrogen-bond donors (Lipinski definition) is 0. The summed E-state index contributed by atoms with van der Waals surface area (Å²) >= 11 is 0. The quantitative estimate of drug-likeness (QED) is 0.215. The van der Waals surface area contributed by atoms with Gasteiger partial charge in [-0.2, -0.15) is 0 Å². The maximum Gasteiger partial charge on any atom is 0.178 e. The summed E-state index contributed by atoms with van der Waals surface area (Å²) in [6, 6.07) is 26.5. The van der Waals surface area contributed by atoms with Crippen LogP contribution in [-0.4, -0.2) is 14.2 Å². The molecule has 0 radical (unpaired) electrons. The van der Waals surface area contributed by atoms with Crippen molar-refractivity contribution in [3.63, 3.8) is 0 Å². The monoisotopic (exact) mass is 572 g/mol. The van der Waals surface area contributed by atoms with Crippen LogP contribution in [0.4, 0.5) is 8.78 Å². The maximum atomic E-state index is 15.8. The van der Waals surface area contributed by atoms with Gasteiger partial charge in [-0.05, 0) is 71.3 Å². The normalized spacial score (nSPS) is 16.9. The lowest BCUT2D eigenvalue weighted by molar-refractivity contribution is 0.163. The van der Waals surface area contributed by atoms with Crippen molar-refractivity contribution < 1.29 is 23.0 Å². The first-order valence-corrected chi connectivity index (χ1v) is 14.8. The van der Waals surface area contributed by atoms with Gasteiger partial charge in [0.1, 0.15) is 28.9 Å². The van der Waals surface area contributed by atoms with Gasteiger partial charge in [-0.25, -0.2) is 8.78 Å². The number of fused-ring (bicyclic) bond motifs is 10. The fraction of sp³-hybridized carbons (Fsp3) is 0.211. The standard InChI is InChI=1S/C38H30F2O3/c1-41-26-13-9-23(10-14-26)38(24-11-15-27(42-2)16-12-24)20-17-30-35-33(28-7-3-4-8-29(28)36(30)43-38)31-21-25(39)22-32(40)34(31)37(35)18-5-6-19-37/h3-4,7-17,20-22H,5-6,18-19H2,1-2H3. The summed E-state index contributed by atoms with van der Waals surface area (Å²) in [5.74, 6) is 1.25. The Labute approximate surface area is 249 Å². The molecule has 0 bridgehead atoms. The minimum Gasteiger partial charge on any atom is -0.497 e. The van der Waals surface area contributed by atoms with Crippen LogP contribution in [0.25, 0.3) is 28.0 Å². The second kappa shape index (κ2) is 9.43. The molecule has 1 fully saturated rings. The smallest absolute Gasteiger partial charge is 0.178 e. The Morgan fingerprint density at radius 1 is 0.721 bits per heavy atom. The molecule has 8 rings (SSSR count). The van der Waals surface area contributed by atoms with Crippen LogP contribution in [0.3, 0.4) is 0 Å². The second-order valence-electron chi connectivity index (χ2n) is 11.8. The van der Waals surface area contributed by atoms with Crippen molar-refractivity contribution in [2.45, 2.75) is 36.7 Å². The zero-order valence-electron chi connectivity index (χ0n) is 24.0. The van der Waals surface area contributed by atoms with E-state index in [0.29, 0.717) is 11.1 Å². The first kappa shape index (κ1) is 26.0. The Balaban J connectivity index is 1.44. The van der Waals surface area contributed by atoms with Gasteiger partial charge in [0.2, 0.25) is 0 Å². The molecule has 1 spiro atoms. The van der Waals surface area contributed by atoms with Crippen LogP contribution in [0, 0.1) is 11.6 Å². The first-order chi connectivity index (χ1) is 21.0. The van der Waals surface area contributed by atoms with E-state index in [2.05, 4.69) is 24.3 Å². The molecule has 3 nitrogen and oxygen atoms in total. The Morgan fingerprint density at radius 2 is 1.33 bits per heavy atom. The molecule has 5 aromatic carbocycles. The van der Waals surface area contributed by atoms with Crippen molar-refractivity contribution in [1.29, 1.82) is 0 Å². The summed E-state index contributed by atoms with van der Waals surface area (Å²) in [6.45, 7) is 0. The van der Waals surface area contributed by atoms with Crippen LogP contribution in [0.5, 0.6) is 17.2 Å². The number of rotatable bonds is 4. The SMILES string of the molecule is COc1ccc(C2(c3ccc(OC)cc3)C=Cc3c4c(c5ccccc5c3O2)-c2cc(F)cc(F)c2C42CCCC2)cc1. The highest BCUT2D eigenvalue weighted by Gasteiger charge is 2.51. The molecule has 1 aliphatic heterocycles. The fourth-order valence-corrected chi connectivity index (χ4v) is 7.88. The van der Waals surface area contributed by atoms with Crippen molar-refractivity contribution in [3.05, 3.63) is 130 Å². The zero-order valence-corrected chi connectivity index (χ0v) is 24.0. The van der Waals surface area contributed by atoms with Gasteiger partial charge in [-0.15, -0.1) is 0 Å². The third kappa shape index (κ3) is 3.57. The van der Waals surface area contributed by atoms with Crippen molar-refractivity contribution in [1.82, 2.24) is 0 Å².